The van der Waals surface area contributed by atoms with Crippen LogP contribution < -0.4 is 10.5 Å². The highest BCUT2D eigenvalue weighted by molar-refractivity contribution is 5.74. The van der Waals surface area contributed by atoms with Crippen molar-refractivity contribution >= 4 is 5.69 Å². The van der Waals surface area contributed by atoms with Crippen LogP contribution in [0.2, 0.25) is 0 Å². The van der Waals surface area contributed by atoms with E-state index in [1.54, 1.807) is 30.5 Å². The van der Waals surface area contributed by atoms with Gasteiger partial charge in [-0.3, -0.25) is 4.98 Å². The topological polar surface area (TPSA) is 48.1 Å². The molecule has 0 bridgehead atoms. The molecule has 1 heterocycles. The first kappa shape index (κ1) is 11.4. The third-order valence-electron chi connectivity index (χ3n) is 2.49. The quantitative estimate of drug-likeness (QED) is 0.866. The summed E-state index contributed by atoms with van der Waals surface area (Å²) in [5.74, 6) is -0.262. The maximum Gasteiger partial charge on any atom is 0.174 e. The molecule has 0 atom stereocenters. The molecule has 4 heteroatoms. The second-order valence-corrected chi connectivity index (χ2v) is 3.77. The maximum absolute atomic E-state index is 14.0. The minimum absolute atomic E-state index is 0.185. The Morgan fingerprint density at radius 3 is 2.76 bits per heavy atom. The molecule has 0 amide bonds. The van der Waals surface area contributed by atoms with E-state index >= 15 is 0 Å². The lowest BCUT2D eigenvalue weighted by atomic mass is 10.1. The largest absolute Gasteiger partial charge is 0.494 e. The van der Waals surface area contributed by atoms with Crippen molar-refractivity contribution in [2.75, 3.05) is 12.8 Å². The fraction of sp³-hybridized carbons (Fsp3) is 0.154. The number of nitrogen functional groups attached to an aromatic ring is 1. The number of pyridine rings is 1. The summed E-state index contributed by atoms with van der Waals surface area (Å²) in [6.07, 6.45) is 1.66. The zero-order chi connectivity index (χ0) is 12.4. The molecule has 17 heavy (non-hydrogen) atoms. The average Bonchev–Trinajstić information content (AvgIpc) is 2.30. The summed E-state index contributed by atoms with van der Waals surface area (Å²) in [5.41, 5.74) is 8.02. The number of hydrogen-bond acceptors (Lipinski definition) is 3. The minimum atomic E-state index is -0.446. The Morgan fingerprint density at radius 1 is 1.35 bits per heavy atom. The first-order chi connectivity index (χ1) is 8.13. The number of benzene rings is 1. The molecule has 3 nitrogen and oxygen atoms in total. The Bertz CT molecular complexity index is 555. The Labute approximate surface area is 99.1 Å². The van der Waals surface area contributed by atoms with Gasteiger partial charge in [-0.2, -0.15) is 0 Å². The van der Waals surface area contributed by atoms with Gasteiger partial charge in [-0.05, 0) is 30.7 Å². The number of ether oxygens (including phenoxy) is 1. The lowest BCUT2D eigenvalue weighted by Crippen LogP contribution is -1.97. The third kappa shape index (κ3) is 2.06. The van der Waals surface area contributed by atoms with Crippen LogP contribution in [0.15, 0.2) is 30.5 Å². The fourth-order valence-electron chi connectivity index (χ4n) is 1.67. The molecule has 2 N–H and O–H groups in total. The number of aryl methyl sites for hydroxylation is 1. The Morgan fingerprint density at radius 2 is 2.12 bits per heavy atom. The van der Waals surface area contributed by atoms with Gasteiger partial charge < -0.3 is 10.5 Å². The molecule has 1 aromatic carbocycles. The summed E-state index contributed by atoms with van der Waals surface area (Å²) in [5, 5.41) is 0. The zero-order valence-electron chi connectivity index (χ0n) is 9.70. The van der Waals surface area contributed by atoms with Gasteiger partial charge in [-0.25, -0.2) is 4.39 Å². The van der Waals surface area contributed by atoms with Crippen LogP contribution in [-0.4, -0.2) is 12.1 Å². The number of nitrogens with two attached hydrogens (primary N) is 1. The van der Waals surface area contributed by atoms with Gasteiger partial charge in [-0.15, -0.1) is 0 Å². The highest BCUT2D eigenvalue weighted by atomic mass is 19.1. The Hall–Kier alpha value is -2.10. The molecule has 0 unspecified atom stereocenters. The summed E-state index contributed by atoms with van der Waals surface area (Å²) in [7, 11) is 1.42. The number of rotatable bonds is 2. The third-order valence-corrected chi connectivity index (χ3v) is 2.49. The van der Waals surface area contributed by atoms with E-state index in [-0.39, 0.29) is 5.75 Å². The Balaban J connectivity index is 2.60. The van der Waals surface area contributed by atoms with Crippen LogP contribution in [-0.2, 0) is 0 Å². The van der Waals surface area contributed by atoms with Gasteiger partial charge in [0.1, 0.15) is 0 Å². The summed E-state index contributed by atoms with van der Waals surface area (Å²) in [4.78, 5) is 4.16. The predicted octanol–water partition coefficient (Wildman–Crippen LogP) is 2.79. The average molecular weight is 232 g/mol. The summed E-state index contributed by atoms with van der Waals surface area (Å²) >= 11 is 0. The molecule has 0 fully saturated rings. The molecular formula is C13H13FN2O. The SMILES string of the molecule is COc1cccc(-c2ncc(C)cc2N)c1F. The second-order valence-electron chi connectivity index (χ2n) is 3.77. The van der Waals surface area contributed by atoms with E-state index in [0.29, 0.717) is 16.9 Å². The number of anilines is 1. The van der Waals surface area contributed by atoms with Crippen molar-refractivity contribution in [1.29, 1.82) is 0 Å². The summed E-state index contributed by atoms with van der Waals surface area (Å²) < 4.78 is 18.9. The van der Waals surface area contributed by atoms with Crippen LogP contribution in [0.25, 0.3) is 11.3 Å². The fourth-order valence-corrected chi connectivity index (χ4v) is 1.67. The summed E-state index contributed by atoms with van der Waals surface area (Å²) in [6, 6.07) is 6.66. The molecule has 0 radical (unpaired) electrons. The van der Waals surface area contributed by atoms with Gasteiger partial charge in [0.15, 0.2) is 11.6 Å². The monoisotopic (exact) mass is 232 g/mol. The van der Waals surface area contributed by atoms with E-state index in [9.17, 15) is 4.39 Å². The van der Waals surface area contributed by atoms with Crippen molar-refractivity contribution in [2.45, 2.75) is 6.92 Å². The van der Waals surface area contributed by atoms with Crippen molar-refractivity contribution < 1.29 is 9.13 Å². The van der Waals surface area contributed by atoms with Crippen LogP contribution in [0.5, 0.6) is 5.75 Å². The molecule has 0 aliphatic carbocycles. The molecular weight excluding hydrogens is 219 g/mol. The van der Waals surface area contributed by atoms with E-state index in [1.807, 2.05) is 6.92 Å². The smallest absolute Gasteiger partial charge is 0.174 e. The van der Waals surface area contributed by atoms with E-state index in [2.05, 4.69) is 4.98 Å². The van der Waals surface area contributed by atoms with Gasteiger partial charge in [0.2, 0.25) is 0 Å². The number of hydrogen-bond donors (Lipinski definition) is 1. The number of aromatic nitrogens is 1. The molecule has 2 rings (SSSR count). The van der Waals surface area contributed by atoms with E-state index < -0.39 is 5.82 Å². The molecule has 0 saturated carbocycles. The maximum atomic E-state index is 14.0. The van der Waals surface area contributed by atoms with Crippen LogP contribution >= 0.6 is 0 Å². The first-order valence-electron chi connectivity index (χ1n) is 5.18. The molecule has 0 aliphatic rings. The van der Waals surface area contributed by atoms with Crippen LogP contribution in [0.4, 0.5) is 10.1 Å². The zero-order valence-corrected chi connectivity index (χ0v) is 9.70. The lowest BCUT2D eigenvalue weighted by Gasteiger charge is -2.09. The molecule has 1 aromatic heterocycles. The van der Waals surface area contributed by atoms with E-state index in [1.165, 1.54) is 7.11 Å². The van der Waals surface area contributed by atoms with Crippen molar-refractivity contribution in [3.05, 3.63) is 41.8 Å². The molecule has 0 spiro atoms. The highest BCUT2D eigenvalue weighted by Gasteiger charge is 2.13. The van der Waals surface area contributed by atoms with Crippen molar-refractivity contribution in [1.82, 2.24) is 4.98 Å². The van der Waals surface area contributed by atoms with Crippen molar-refractivity contribution in [3.8, 4) is 17.0 Å². The molecule has 2 aromatic rings. The molecule has 88 valence electrons. The Kier molecular flexibility index (Phi) is 2.95. The van der Waals surface area contributed by atoms with Crippen molar-refractivity contribution in [3.63, 3.8) is 0 Å². The predicted molar refractivity (Wildman–Crippen MR) is 65.3 cm³/mol. The van der Waals surface area contributed by atoms with Gasteiger partial charge in [0, 0.05) is 11.8 Å². The summed E-state index contributed by atoms with van der Waals surface area (Å²) in [6.45, 7) is 1.88. The van der Waals surface area contributed by atoms with Crippen LogP contribution in [0, 0.1) is 12.7 Å². The minimum Gasteiger partial charge on any atom is -0.494 e. The van der Waals surface area contributed by atoms with Crippen molar-refractivity contribution in [2.24, 2.45) is 0 Å². The first-order valence-corrected chi connectivity index (χ1v) is 5.18. The van der Waals surface area contributed by atoms with E-state index in [0.717, 1.165) is 5.56 Å². The normalized spacial score (nSPS) is 10.3. The van der Waals surface area contributed by atoms with Gasteiger partial charge >= 0.3 is 0 Å². The number of nitrogens with zero attached hydrogens (tertiary/aromatic N) is 1. The highest BCUT2D eigenvalue weighted by Crippen LogP contribution is 2.31. The lowest BCUT2D eigenvalue weighted by molar-refractivity contribution is 0.387. The van der Waals surface area contributed by atoms with E-state index in [4.69, 9.17) is 10.5 Å². The van der Waals surface area contributed by atoms with Crippen LogP contribution in [0.3, 0.4) is 0 Å². The second kappa shape index (κ2) is 4.41. The number of halogens is 1. The van der Waals surface area contributed by atoms with Crippen LogP contribution in [0.1, 0.15) is 5.56 Å². The number of methoxy groups -OCH3 is 1. The van der Waals surface area contributed by atoms with Gasteiger partial charge in [0.05, 0.1) is 18.5 Å². The molecule has 0 aliphatic heterocycles. The van der Waals surface area contributed by atoms with Gasteiger partial charge in [-0.1, -0.05) is 6.07 Å². The standard InChI is InChI=1S/C13H13FN2O/c1-8-6-10(15)13(16-7-8)9-4-3-5-11(17-2)12(9)14/h3-7H,15H2,1-2H3. The van der Waals surface area contributed by atoms with Gasteiger partial charge in [0.25, 0.3) is 0 Å². The molecule has 0 saturated heterocycles.